The molecule has 0 unspecified atom stereocenters. The quantitative estimate of drug-likeness (QED) is 0.294. The largest absolute Gasteiger partial charge is 0.451 e. The van der Waals surface area contributed by atoms with E-state index in [0.717, 1.165) is 26.5 Å². The van der Waals surface area contributed by atoms with Gasteiger partial charge in [-0.25, -0.2) is 9.48 Å². The highest BCUT2D eigenvalue weighted by atomic mass is 35.5. The van der Waals surface area contributed by atoms with E-state index < -0.39 is 5.97 Å². The Morgan fingerprint density at radius 3 is 2.68 bits per heavy atom. The van der Waals surface area contributed by atoms with E-state index in [1.807, 2.05) is 49.6 Å². The molecule has 9 heteroatoms. The van der Waals surface area contributed by atoms with Crippen molar-refractivity contribution in [2.45, 2.75) is 11.8 Å². The molecule has 4 aromatic rings. The van der Waals surface area contributed by atoms with Crippen LogP contribution < -0.4 is 5.32 Å². The van der Waals surface area contributed by atoms with Crippen LogP contribution in [0.2, 0.25) is 5.02 Å². The number of hydrogen-bond acceptors (Lipinski definition) is 6. The molecule has 2 heterocycles. The van der Waals surface area contributed by atoms with Gasteiger partial charge in [-0.3, -0.25) is 4.79 Å². The van der Waals surface area contributed by atoms with Gasteiger partial charge in [-0.2, -0.15) is 5.10 Å². The first-order valence-corrected chi connectivity index (χ1v) is 11.7. The molecule has 0 saturated carbocycles. The molecule has 0 bridgehead atoms. The Morgan fingerprint density at radius 2 is 1.94 bits per heavy atom. The number of anilines is 1. The fraction of sp³-hybridized carbons (Fsp3) is 0.136. The molecule has 0 radical (unpaired) electrons. The molecular weight excluding hydrogens is 454 g/mol. The monoisotopic (exact) mass is 471 g/mol. The van der Waals surface area contributed by atoms with E-state index in [2.05, 4.69) is 10.4 Å². The maximum Gasteiger partial charge on any atom is 0.348 e. The maximum atomic E-state index is 12.6. The summed E-state index contributed by atoms with van der Waals surface area (Å²) in [6.07, 6.45) is 1.93. The molecule has 0 aliphatic carbocycles. The number of aryl methyl sites for hydroxylation is 1. The molecule has 6 nitrogen and oxygen atoms in total. The lowest BCUT2D eigenvalue weighted by molar-refractivity contribution is -0.119. The minimum absolute atomic E-state index is 0.363. The number of esters is 1. The number of fused-ring (bicyclic) bond motifs is 1. The van der Waals surface area contributed by atoms with Crippen LogP contribution in [0.1, 0.15) is 15.4 Å². The van der Waals surface area contributed by atoms with Crippen molar-refractivity contribution in [3.05, 3.63) is 70.2 Å². The fourth-order valence-corrected chi connectivity index (χ4v) is 4.80. The lowest BCUT2D eigenvalue weighted by Gasteiger charge is -2.09. The number of nitrogens with one attached hydrogen (secondary N) is 1. The Kier molecular flexibility index (Phi) is 6.31. The van der Waals surface area contributed by atoms with Crippen molar-refractivity contribution in [1.82, 2.24) is 9.78 Å². The average molecular weight is 472 g/mol. The number of hydrogen-bond donors (Lipinski definition) is 1. The van der Waals surface area contributed by atoms with E-state index in [1.165, 1.54) is 23.1 Å². The number of thiophene rings is 1. The van der Waals surface area contributed by atoms with Gasteiger partial charge in [0.1, 0.15) is 9.71 Å². The Balaban J connectivity index is 1.47. The van der Waals surface area contributed by atoms with Crippen molar-refractivity contribution in [1.29, 1.82) is 0 Å². The number of carbonyl (C=O) groups is 2. The van der Waals surface area contributed by atoms with Crippen molar-refractivity contribution >= 4 is 62.5 Å². The topological polar surface area (TPSA) is 73.2 Å². The fourth-order valence-electron chi connectivity index (χ4n) is 3.04. The van der Waals surface area contributed by atoms with Gasteiger partial charge >= 0.3 is 5.97 Å². The molecule has 2 aromatic carbocycles. The minimum atomic E-state index is -0.545. The summed E-state index contributed by atoms with van der Waals surface area (Å²) in [7, 11) is 0. The number of halogens is 1. The summed E-state index contributed by atoms with van der Waals surface area (Å²) in [6, 6.07) is 16.5. The Morgan fingerprint density at radius 1 is 1.19 bits per heavy atom. The summed E-state index contributed by atoms with van der Waals surface area (Å²) < 4.78 is 7.01. The van der Waals surface area contributed by atoms with Crippen LogP contribution in [0.4, 0.5) is 5.69 Å². The van der Waals surface area contributed by atoms with Crippen LogP contribution in [0.3, 0.4) is 0 Å². The van der Waals surface area contributed by atoms with Crippen molar-refractivity contribution in [3.8, 4) is 5.69 Å². The smallest absolute Gasteiger partial charge is 0.348 e. The first-order valence-electron chi connectivity index (χ1n) is 9.31. The summed E-state index contributed by atoms with van der Waals surface area (Å²) in [5.74, 6) is -0.934. The van der Waals surface area contributed by atoms with E-state index in [1.54, 1.807) is 22.9 Å². The van der Waals surface area contributed by atoms with Crippen LogP contribution in [-0.2, 0) is 9.53 Å². The van der Waals surface area contributed by atoms with Gasteiger partial charge in [-0.05, 0) is 55.6 Å². The second-order valence-electron chi connectivity index (χ2n) is 6.63. The highest BCUT2D eigenvalue weighted by Gasteiger charge is 2.19. The molecule has 0 atom stereocenters. The number of aromatic nitrogens is 2. The van der Waals surface area contributed by atoms with Crippen LogP contribution >= 0.6 is 34.7 Å². The highest BCUT2D eigenvalue weighted by Crippen LogP contribution is 2.31. The van der Waals surface area contributed by atoms with E-state index in [4.69, 9.17) is 16.3 Å². The normalized spacial score (nSPS) is 10.9. The van der Waals surface area contributed by atoms with Crippen LogP contribution in [0.25, 0.3) is 15.9 Å². The molecule has 1 N–H and O–H groups in total. The van der Waals surface area contributed by atoms with Crippen molar-refractivity contribution in [2.75, 3.05) is 18.2 Å². The van der Waals surface area contributed by atoms with Crippen molar-refractivity contribution in [2.24, 2.45) is 0 Å². The SMILES string of the molecule is CSc1ccccc1NC(=O)COC(=O)c1cc2c(C)nn(-c3ccc(Cl)cc3)c2s1. The predicted molar refractivity (Wildman–Crippen MR) is 126 cm³/mol. The summed E-state index contributed by atoms with van der Waals surface area (Å²) in [5, 5.41) is 8.83. The summed E-state index contributed by atoms with van der Waals surface area (Å²) in [6.45, 7) is 1.52. The predicted octanol–water partition coefficient (Wildman–Crippen LogP) is 5.57. The second kappa shape index (κ2) is 9.13. The molecule has 0 aliphatic rings. The maximum absolute atomic E-state index is 12.6. The van der Waals surface area contributed by atoms with Gasteiger partial charge in [-0.15, -0.1) is 23.1 Å². The van der Waals surface area contributed by atoms with Gasteiger partial charge in [0.2, 0.25) is 0 Å². The zero-order valence-electron chi connectivity index (χ0n) is 16.7. The van der Waals surface area contributed by atoms with Crippen molar-refractivity contribution in [3.63, 3.8) is 0 Å². The lowest BCUT2D eigenvalue weighted by Crippen LogP contribution is -2.20. The molecule has 158 valence electrons. The third kappa shape index (κ3) is 4.61. The number of nitrogens with zero attached hydrogens (tertiary/aromatic N) is 2. The molecule has 31 heavy (non-hydrogen) atoms. The Labute approximate surface area is 192 Å². The number of para-hydroxylation sites is 1. The molecule has 0 aliphatic heterocycles. The Bertz CT molecular complexity index is 1260. The van der Waals surface area contributed by atoms with Gasteiger partial charge < -0.3 is 10.1 Å². The minimum Gasteiger partial charge on any atom is -0.451 e. The van der Waals surface area contributed by atoms with Crippen LogP contribution in [-0.4, -0.2) is 34.5 Å². The van der Waals surface area contributed by atoms with E-state index in [-0.39, 0.29) is 12.5 Å². The molecule has 0 fully saturated rings. The second-order valence-corrected chi connectivity index (χ2v) is 8.94. The van der Waals surface area contributed by atoms with Gasteiger partial charge in [0.05, 0.1) is 17.1 Å². The highest BCUT2D eigenvalue weighted by molar-refractivity contribution is 7.98. The first-order chi connectivity index (χ1) is 15.0. The van der Waals surface area contributed by atoms with Gasteiger partial charge in [0, 0.05) is 15.3 Å². The molecule has 2 aromatic heterocycles. The third-order valence-electron chi connectivity index (χ3n) is 4.53. The van der Waals surface area contributed by atoms with E-state index in [0.29, 0.717) is 15.6 Å². The molecule has 0 spiro atoms. The zero-order chi connectivity index (χ0) is 22.0. The number of benzene rings is 2. The summed E-state index contributed by atoms with van der Waals surface area (Å²) in [5.41, 5.74) is 2.33. The molecule has 1 amide bonds. The summed E-state index contributed by atoms with van der Waals surface area (Å²) in [4.78, 5) is 27.0. The van der Waals surface area contributed by atoms with Gasteiger partial charge in [0.25, 0.3) is 5.91 Å². The number of amides is 1. The van der Waals surface area contributed by atoms with Crippen LogP contribution in [0.15, 0.2) is 59.5 Å². The van der Waals surface area contributed by atoms with Crippen LogP contribution in [0.5, 0.6) is 0 Å². The number of rotatable bonds is 6. The third-order valence-corrected chi connectivity index (χ3v) is 6.67. The van der Waals surface area contributed by atoms with E-state index in [9.17, 15) is 9.59 Å². The molecule has 4 rings (SSSR count). The standard InChI is InChI=1S/C22H18ClN3O3S2/c1-13-16-11-19(31-21(16)26(25-13)15-9-7-14(23)8-10-15)22(28)29-12-20(27)24-17-5-3-4-6-18(17)30-2/h3-11H,12H2,1-2H3,(H,24,27). The van der Waals surface area contributed by atoms with Gasteiger partial charge in [0.15, 0.2) is 6.61 Å². The average Bonchev–Trinajstić information content (AvgIpc) is 3.34. The summed E-state index contributed by atoms with van der Waals surface area (Å²) >= 11 is 8.77. The van der Waals surface area contributed by atoms with Crippen molar-refractivity contribution < 1.29 is 14.3 Å². The number of ether oxygens (including phenoxy) is 1. The number of carbonyl (C=O) groups excluding carboxylic acids is 2. The number of thioether (sulfide) groups is 1. The Hall–Kier alpha value is -2.81. The van der Waals surface area contributed by atoms with Crippen LogP contribution in [0, 0.1) is 6.92 Å². The van der Waals surface area contributed by atoms with E-state index >= 15 is 0 Å². The molecule has 0 saturated heterocycles. The van der Waals surface area contributed by atoms with Gasteiger partial charge in [-0.1, -0.05) is 23.7 Å². The lowest BCUT2D eigenvalue weighted by atomic mass is 10.3. The molecular formula is C22H18ClN3O3S2. The zero-order valence-corrected chi connectivity index (χ0v) is 19.1. The first kappa shape index (κ1) is 21.4.